The zero-order valence-corrected chi connectivity index (χ0v) is 9.18. The highest BCUT2D eigenvalue weighted by atomic mass is 16.2. The van der Waals surface area contributed by atoms with E-state index in [0.29, 0.717) is 12.5 Å². The number of nitrogens with one attached hydrogen (secondary N) is 1. The van der Waals surface area contributed by atoms with E-state index in [-0.39, 0.29) is 11.3 Å². The Morgan fingerprint density at radius 2 is 2.00 bits per heavy atom. The van der Waals surface area contributed by atoms with E-state index in [4.69, 9.17) is 5.73 Å². The Morgan fingerprint density at radius 3 is 2.38 bits per heavy atom. The summed E-state index contributed by atoms with van der Waals surface area (Å²) in [5.41, 5.74) is 5.10. The molecule has 0 unspecified atom stereocenters. The average Bonchev–Trinajstić information content (AvgIpc) is 1.99. The Hall–Kier alpha value is -0.570. The van der Waals surface area contributed by atoms with Crippen LogP contribution in [0, 0.1) is 11.3 Å². The van der Waals surface area contributed by atoms with Gasteiger partial charge in [-0.1, -0.05) is 27.7 Å². The highest BCUT2D eigenvalue weighted by Crippen LogP contribution is 2.19. The molecule has 3 heteroatoms. The Labute approximate surface area is 81.1 Å². The molecule has 78 valence electrons. The monoisotopic (exact) mass is 186 g/mol. The highest BCUT2D eigenvalue weighted by molar-refractivity contribution is 5.81. The van der Waals surface area contributed by atoms with Crippen LogP contribution in [0.5, 0.6) is 0 Å². The molecule has 0 aromatic carbocycles. The minimum Gasteiger partial charge on any atom is -0.355 e. The summed E-state index contributed by atoms with van der Waals surface area (Å²) in [7, 11) is 0. The van der Waals surface area contributed by atoms with E-state index < -0.39 is 0 Å². The van der Waals surface area contributed by atoms with Crippen molar-refractivity contribution >= 4 is 5.91 Å². The van der Waals surface area contributed by atoms with Gasteiger partial charge in [-0.2, -0.15) is 0 Å². The Bertz CT molecular complexity index is 164. The van der Waals surface area contributed by atoms with E-state index >= 15 is 0 Å². The molecule has 0 heterocycles. The SMILES string of the molecule is CC(C)CNC(=O)C(C)(C)CCN. The maximum absolute atomic E-state index is 11.6. The zero-order valence-electron chi connectivity index (χ0n) is 9.18. The maximum Gasteiger partial charge on any atom is 0.225 e. The molecular weight excluding hydrogens is 164 g/mol. The van der Waals surface area contributed by atoms with Crippen LogP contribution < -0.4 is 11.1 Å². The third kappa shape index (κ3) is 4.88. The standard InChI is InChI=1S/C10H22N2O/c1-8(2)7-12-9(13)10(3,4)5-6-11/h8H,5-7,11H2,1-4H3,(H,12,13). The first-order valence-electron chi connectivity index (χ1n) is 4.88. The van der Waals surface area contributed by atoms with Gasteiger partial charge >= 0.3 is 0 Å². The van der Waals surface area contributed by atoms with Crippen molar-refractivity contribution in [2.24, 2.45) is 17.1 Å². The Kier molecular flexibility index (Phi) is 4.99. The van der Waals surface area contributed by atoms with Gasteiger partial charge in [0.1, 0.15) is 0 Å². The van der Waals surface area contributed by atoms with Crippen molar-refractivity contribution in [3.8, 4) is 0 Å². The lowest BCUT2D eigenvalue weighted by atomic mass is 9.88. The van der Waals surface area contributed by atoms with E-state index in [9.17, 15) is 4.79 Å². The molecule has 0 fully saturated rings. The summed E-state index contributed by atoms with van der Waals surface area (Å²) in [6, 6.07) is 0. The van der Waals surface area contributed by atoms with Crippen molar-refractivity contribution in [3.63, 3.8) is 0 Å². The summed E-state index contributed by atoms with van der Waals surface area (Å²) in [6.45, 7) is 9.31. The van der Waals surface area contributed by atoms with Crippen LogP contribution in [-0.2, 0) is 4.79 Å². The fraction of sp³-hybridized carbons (Fsp3) is 0.900. The molecule has 0 aliphatic heterocycles. The lowest BCUT2D eigenvalue weighted by molar-refractivity contribution is -0.129. The van der Waals surface area contributed by atoms with Crippen molar-refractivity contribution in [1.29, 1.82) is 0 Å². The number of nitrogens with two attached hydrogens (primary N) is 1. The molecule has 0 rings (SSSR count). The van der Waals surface area contributed by atoms with E-state index in [1.165, 1.54) is 0 Å². The molecule has 0 aromatic heterocycles. The van der Waals surface area contributed by atoms with Crippen molar-refractivity contribution in [2.75, 3.05) is 13.1 Å². The van der Waals surface area contributed by atoms with Gasteiger partial charge in [0.05, 0.1) is 0 Å². The summed E-state index contributed by atoms with van der Waals surface area (Å²) < 4.78 is 0. The van der Waals surface area contributed by atoms with Crippen molar-refractivity contribution in [1.82, 2.24) is 5.32 Å². The Morgan fingerprint density at radius 1 is 1.46 bits per heavy atom. The number of rotatable bonds is 5. The zero-order chi connectivity index (χ0) is 10.5. The molecule has 0 aliphatic carbocycles. The molecule has 13 heavy (non-hydrogen) atoms. The van der Waals surface area contributed by atoms with Crippen LogP contribution >= 0.6 is 0 Å². The summed E-state index contributed by atoms with van der Waals surface area (Å²) in [5.74, 6) is 0.601. The van der Waals surface area contributed by atoms with Gasteiger partial charge in [0.25, 0.3) is 0 Å². The lowest BCUT2D eigenvalue weighted by Gasteiger charge is -2.23. The van der Waals surface area contributed by atoms with Gasteiger partial charge in [0.15, 0.2) is 0 Å². The van der Waals surface area contributed by atoms with E-state index in [2.05, 4.69) is 19.2 Å². The molecule has 0 bridgehead atoms. The average molecular weight is 186 g/mol. The van der Waals surface area contributed by atoms with Crippen LogP contribution in [0.15, 0.2) is 0 Å². The minimum atomic E-state index is -0.330. The number of hydrogen-bond acceptors (Lipinski definition) is 2. The Balaban J connectivity index is 3.94. The minimum absolute atomic E-state index is 0.103. The van der Waals surface area contributed by atoms with Gasteiger partial charge in [-0.3, -0.25) is 4.79 Å². The summed E-state index contributed by atoms with van der Waals surface area (Å²) >= 11 is 0. The van der Waals surface area contributed by atoms with Crippen molar-refractivity contribution in [3.05, 3.63) is 0 Å². The van der Waals surface area contributed by atoms with E-state index in [1.54, 1.807) is 0 Å². The largest absolute Gasteiger partial charge is 0.355 e. The van der Waals surface area contributed by atoms with Crippen LogP contribution in [0.25, 0.3) is 0 Å². The third-order valence-corrected chi connectivity index (χ3v) is 2.05. The summed E-state index contributed by atoms with van der Waals surface area (Å²) in [5, 5.41) is 2.91. The van der Waals surface area contributed by atoms with Crippen LogP contribution in [-0.4, -0.2) is 19.0 Å². The summed E-state index contributed by atoms with van der Waals surface area (Å²) in [4.78, 5) is 11.6. The van der Waals surface area contributed by atoms with Gasteiger partial charge in [0.2, 0.25) is 5.91 Å². The first-order valence-corrected chi connectivity index (χ1v) is 4.88. The predicted molar refractivity (Wildman–Crippen MR) is 55.3 cm³/mol. The van der Waals surface area contributed by atoms with Crippen LogP contribution in [0.2, 0.25) is 0 Å². The van der Waals surface area contributed by atoms with Gasteiger partial charge in [-0.15, -0.1) is 0 Å². The molecule has 0 aliphatic rings. The molecule has 3 nitrogen and oxygen atoms in total. The van der Waals surface area contributed by atoms with Gasteiger partial charge in [-0.25, -0.2) is 0 Å². The fourth-order valence-corrected chi connectivity index (χ4v) is 1.01. The summed E-state index contributed by atoms with van der Waals surface area (Å²) in [6.07, 6.45) is 0.733. The first-order chi connectivity index (χ1) is 5.90. The smallest absolute Gasteiger partial charge is 0.225 e. The number of amides is 1. The number of carbonyl (C=O) groups is 1. The molecule has 0 saturated heterocycles. The second kappa shape index (κ2) is 5.22. The van der Waals surface area contributed by atoms with Crippen molar-refractivity contribution in [2.45, 2.75) is 34.1 Å². The number of hydrogen-bond donors (Lipinski definition) is 2. The maximum atomic E-state index is 11.6. The molecule has 0 aromatic rings. The fourth-order valence-electron chi connectivity index (χ4n) is 1.01. The van der Waals surface area contributed by atoms with Gasteiger partial charge in [0, 0.05) is 12.0 Å². The second-order valence-electron chi connectivity index (χ2n) is 4.53. The van der Waals surface area contributed by atoms with Gasteiger partial charge in [-0.05, 0) is 18.9 Å². The van der Waals surface area contributed by atoms with Crippen LogP contribution in [0.3, 0.4) is 0 Å². The van der Waals surface area contributed by atoms with Crippen LogP contribution in [0.1, 0.15) is 34.1 Å². The van der Waals surface area contributed by atoms with Crippen molar-refractivity contribution < 1.29 is 4.79 Å². The third-order valence-electron chi connectivity index (χ3n) is 2.05. The lowest BCUT2D eigenvalue weighted by Crippen LogP contribution is -2.39. The molecular formula is C10H22N2O. The molecule has 0 radical (unpaired) electrons. The quantitative estimate of drug-likeness (QED) is 0.676. The van der Waals surface area contributed by atoms with Gasteiger partial charge < -0.3 is 11.1 Å². The molecule has 0 saturated carbocycles. The molecule has 0 atom stereocenters. The van der Waals surface area contributed by atoms with Crippen LogP contribution in [0.4, 0.5) is 0 Å². The molecule has 1 amide bonds. The highest BCUT2D eigenvalue weighted by Gasteiger charge is 2.26. The van der Waals surface area contributed by atoms with E-state index in [0.717, 1.165) is 13.0 Å². The normalized spacial score (nSPS) is 11.8. The predicted octanol–water partition coefficient (Wildman–Crippen LogP) is 1.13. The topological polar surface area (TPSA) is 55.1 Å². The molecule has 3 N–H and O–H groups in total. The number of carbonyl (C=O) groups excluding carboxylic acids is 1. The first kappa shape index (κ1) is 12.4. The second-order valence-corrected chi connectivity index (χ2v) is 4.53. The molecule has 0 spiro atoms. The van der Waals surface area contributed by atoms with E-state index in [1.807, 2.05) is 13.8 Å².